The van der Waals surface area contributed by atoms with E-state index >= 15 is 0 Å². The van der Waals surface area contributed by atoms with Crippen LogP contribution < -0.4 is 5.32 Å². The molecule has 0 spiro atoms. The van der Waals surface area contributed by atoms with Crippen LogP contribution in [0.4, 0.5) is 0 Å². The van der Waals surface area contributed by atoms with E-state index in [1.165, 1.54) is 0 Å². The fraction of sp³-hybridized carbons (Fsp3) is 0.889. The molecule has 0 atom stereocenters. The third kappa shape index (κ3) is 26.0. The molecule has 0 aromatic rings. The molecule has 13 nitrogen and oxygen atoms in total. The molecule has 0 aliphatic rings. The number of carboxylic acids is 1. The highest BCUT2D eigenvalue weighted by atomic mass is 16.5. The van der Waals surface area contributed by atoms with Crippen molar-refractivity contribution in [1.29, 1.82) is 0 Å². The van der Waals surface area contributed by atoms with Gasteiger partial charge in [0.2, 0.25) is 5.91 Å². The number of carbonyl (C=O) groups excluding carboxylic acids is 1. The number of carbonyl (C=O) groups is 2. The van der Waals surface area contributed by atoms with Gasteiger partial charge in [-0.25, -0.2) is 0 Å². The first kappa shape index (κ1) is 29.0. The maximum Gasteiger partial charge on any atom is 0.305 e. The molecule has 0 saturated carbocycles. The first-order chi connectivity index (χ1) is 15.2. The van der Waals surface area contributed by atoms with E-state index in [9.17, 15) is 9.59 Å². The monoisotopic (exact) mass is 450 g/mol. The molecule has 0 unspecified atom stereocenters. The minimum Gasteiger partial charge on any atom is -0.481 e. The molecule has 2 N–H and O–H groups in total. The van der Waals surface area contributed by atoms with E-state index in [2.05, 4.69) is 15.3 Å². The van der Waals surface area contributed by atoms with E-state index in [4.69, 9.17) is 39.1 Å². The number of hydrogen-bond donors (Lipinski definition) is 2. The van der Waals surface area contributed by atoms with Crippen molar-refractivity contribution in [2.45, 2.75) is 12.8 Å². The first-order valence-electron chi connectivity index (χ1n) is 10.1. The Morgan fingerprint density at radius 1 is 0.710 bits per heavy atom. The summed E-state index contributed by atoms with van der Waals surface area (Å²) in [5.74, 6) is -1.01. The molecule has 180 valence electrons. The van der Waals surface area contributed by atoms with E-state index in [1.54, 1.807) is 0 Å². The summed E-state index contributed by atoms with van der Waals surface area (Å²) >= 11 is 0. The molecule has 0 bridgehead atoms. The van der Waals surface area contributed by atoms with Gasteiger partial charge in [-0.1, -0.05) is 5.11 Å². The number of carboxylic acid groups (broad SMARTS) is 1. The highest BCUT2D eigenvalue weighted by Crippen LogP contribution is 1.87. The number of aliphatic carboxylic acids is 1. The van der Waals surface area contributed by atoms with Crippen LogP contribution in [0.2, 0.25) is 0 Å². The Labute approximate surface area is 181 Å². The van der Waals surface area contributed by atoms with Gasteiger partial charge in [-0.15, -0.1) is 0 Å². The Bertz CT molecular complexity index is 491. The summed E-state index contributed by atoms with van der Waals surface area (Å²) in [5.41, 5.74) is 8.09. The minimum absolute atomic E-state index is 0.0195. The molecular formula is C18H34N4O9. The fourth-order valence-corrected chi connectivity index (χ4v) is 1.91. The zero-order valence-electron chi connectivity index (χ0n) is 17.9. The van der Waals surface area contributed by atoms with Crippen LogP contribution in [0.5, 0.6) is 0 Å². The van der Waals surface area contributed by atoms with Crippen LogP contribution in [0.25, 0.3) is 10.4 Å². The molecule has 0 fully saturated rings. The molecule has 0 aliphatic heterocycles. The van der Waals surface area contributed by atoms with Gasteiger partial charge < -0.3 is 38.8 Å². The zero-order valence-corrected chi connectivity index (χ0v) is 17.9. The molecule has 0 aromatic carbocycles. The lowest BCUT2D eigenvalue weighted by Gasteiger charge is -2.08. The first-order valence-corrected chi connectivity index (χ1v) is 10.1. The van der Waals surface area contributed by atoms with Crippen LogP contribution in [0, 0.1) is 0 Å². The van der Waals surface area contributed by atoms with Crippen molar-refractivity contribution < 1.29 is 43.1 Å². The number of amides is 1. The number of ether oxygens (including phenoxy) is 6. The summed E-state index contributed by atoms with van der Waals surface area (Å²) < 4.78 is 31.4. The highest BCUT2D eigenvalue weighted by Gasteiger charge is 2.01. The van der Waals surface area contributed by atoms with Crippen molar-refractivity contribution >= 4 is 11.9 Å². The number of azide groups is 1. The molecule has 0 heterocycles. The number of nitrogens with zero attached hydrogens (tertiary/aromatic N) is 3. The molecule has 13 heteroatoms. The molecule has 1 amide bonds. The van der Waals surface area contributed by atoms with Gasteiger partial charge in [0.05, 0.1) is 85.7 Å². The maximum absolute atomic E-state index is 11.6. The van der Waals surface area contributed by atoms with Crippen LogP contribution >= 0.6 is 0 Å². The van der Waals surface area contributed by atoms with Gasteiger partial charge in [0.15, 0.2) is 0 Å². The maximum atomic E-state index is 11.6. The third-order valence-corrected chi connectivity index (χ3v) is 3.39. The standard InChI is InChI=1S/C18H34N4O9/c19-22-21-4-8-29-12-16-30-13-9-26-5-1-17(23)20-3-7-28-11-15-31-14-10-27-6-2-18(24)25/h1-16H2,(H,20,23)(H,24,25). The third-order valence-electron chi connectivity index (χ3n) is 3.39. The van der Waals surface area contributed by atoms with Crippen molar-refractivity contribution in [3.63, 3.8) is 0 Å². The summed E-state index contributed by atoms with van der Waals surface area (Å²) in [5, 5.41) is 14.5. The lowest BCUT2D eigenvalue weighted by molar-refractivity contribution is -0.138. The topological polar surface area (TPSA) is 171 Å². The average molecular weight is 450 g/mol. The lowest BCUT2D eigenvalue weighted by atomic mass is 10.4. The van der Waals surface area contributed by atoms with Crippen LogP contribution in [0.1, 0.15) is 12.8 Å². The lowest BCUT2D eigenvalue weighted by Crippen LogP contribution is -2.28. The van der Waals surface area contributed by atoms with Gasteiger partial charge in [-0.05, 0) is 5.53 Å². The summed E-state index contributed by atoms with van der Waals surface area (Å²) in [6, 6.07) is 0. The molecular weight excluding hydrogens is 416 g/mol. The molecule has 0 rings (SSSR count). The fourth-order valence-electron chi connectivity index (χ4n) is 1.91. The van der Waals surface area contributed by atoms with Gasteiger partial charge in [-0.3, -0.25) is 9.59 Å². The number of hydrogen-bond acceptors (Lipinski definition) is 9. The van der Waals surface area contributed by atoms with E-state index in [-0.39, 0.29) is 25.4 Å². The predicted molar refractivity (Wildman–Crippen MR) is 109 cm³/mol. The normalized spacial score (nSPS) is 10.6. The van der Waals surface area contributed by atoms with Crippen molar-refractivity contribution in [1.82, 2.24) is 5.32 Å². The van der Waals surface area contributed by atoms with Crippen LogP contribution in [-0.4, -0.2) is 109 Å². The van der Waals surface area contributed by atoms with Gasteiger partial charge in [0, 0.05) is 24.4 Å². The summed E-state index contributed by atoms with van der Waals surface area (Å²) in [4.78, 5) is 24.5. The van der Waals surface area contributed by atoms with Crippen molar-refractivity contribution in [2.24, 2.45) is 5.11 Å². The van der Waals surface area contributed by atoms with Crippen LogP contribution in [0.3, 0.4) is 0 Å². The summed E-state index contributed by atoms with van der Waals surface area (Å²) in [7, 11) is 0. The van der Waals surface area contributed by atoms with Crippen LogP contribution in [0.15, 0.2) is 5.11 Å². The van der Waals surface area contributed by atoms with Gasteiger partial charge in [0.1, 0.15) is 0 Å². The Kier molecular flexibility index (Phi) is 22.7. The smallest absolute Gasteiger partial charge is 0.305 e. The van der Waals surface area contributed by atoms with E-state index in [1.807, 2.05) is 0 Å². The Balaban J connectivity index is 3.18. The summed E-state index contributed by atoms with van der Waals surface area (Å²) in [6.45, 7) is 5.07. The molecule has 0 saturated heterocycles. The quantitative estimate of drug-likeness (QED) is 0.0912. The van der Waals surface area contributed by atoms with Gasteiger partial charge in [-0.2, -0.15) is 0 Å². The van der Waals surface area contributed by atoms with E-state index < -0.39 is 5.97 Å². The SMILES string of the molecule is [N-]=[N+]=NCCOCCOCCOCCC(=O)NCCOCCOCCOCCC(=O)O. The van der Waals surface area contributed by atoms with Crippen LogP contribution in [-0.2, 0) is 38.0 Å². The zero-order chi connectivity index (χ0) is 22.8. The second-order valence-electron chi connectivity index (χ2n) is 5.87. The minimum atomic E-state index is -0.890. The summed E-state index contributed by atoms with van der Waals surface area (Å²) in [6.07, 6.45) is 0.238. The number of nitrogens with one attached hydrogen (secondary N) is 1. The van der Waals surface area contributed by atoms with Crippen molar-refractivity contribution in [3.8, 4) is 0 Å². The second kappa shape index (κ2) is 24.3. The van der Waals surface area contributed by atoms with E-state index in [0.717, 1.165) is 0 Å². The molecule has 0 radical (unpaired) electrons. The Hall–Kier alpha value is -1.99. The highest BCUT2D eigenvalue weighted by molar-refractivity contribution is 5.75. The largest absolute Gasteiger partial charge is 0.481 e. The molecule has 31 heavy (non-hydrogen) atoms. The van der Waals surface area contributed by atoms with E-state index in [0.29, 0.717) is 85.8 Å². The van der Waals surface area contributed by atoms with Gasteiger partial charge in [0.25, 0.3) is 0 Å². The predicted octanol–water partition coefficient (Wildman–Crippen LogP) is 0.377. The van der Waals surface area contributed by atoms with Gasteiger partial charge >= 0.3 is 5.97 Å². The molecule has 0 aliphatic carbocycles. The number of rotatable bonds is 24. The average Bonchev–Trinajstić information content (AvgIpc) is 2.75. The molecule has 0 aromatic heterocycles. The van der Waals surface area contributed by atoms with Crippen molar-refractivity contribution in [2.75, 3.05) is 92.4 Å². The Morgan fingerprint density at radius 3 is 1.68 bits per heavy atom. The Morgan fingerprint density at radius 2 is 1.16 bits per heavy atom. The second-order valence-corrected chi connectivity index (χ2v) is 5.87. The van der Waals surface area contributed by atoms with Crippen molar-refractivity contribution in [3.05, 3.63) is 10.4 Å².